The van der Waals surface area contributed by atoms with Crippen molar-refractivity contribution in [3.63, 3.8) is 0 Å². The molecule has 0 amide bonds. The molecule has 16 heavy (non-hydrogen) atoms. The van der Waals surface area contributed by atoms with Crippen molar-refractivity contribution in [2.24, 2.45) is 0 Å². The van der Waals surface area contributed by atoms with Crippen molar-refractivity contribution in [2.75, 3.05) is 0 Å². The first-order valence-electron chi connectivity index (χ1n) is 4.55. The molecule has 0 spiro atoms. The van der Waals surface area contributed by atoms with Crippen molar-refractivity contribution in [3.05, 3.63) is 29.5 Å². The summed E-state index contributed by atoms with van der Waals surface area (Å²) in [7, 11) is 0. The first kappa shape index (κ1) is 10.6. The molecule has 0 aliphatic rings. The number of halogens is 2. The van der Waals surface area contributed by atoms with Crippen molar-refractivity contribution < 1.29 is 22.7 Å². The maximum absolute atomic E-state index is 12.1. The van der Waals surface area contributed by atoms with Gasteiger partial charge in [0.2, 0.25) is 0 Å². The monoisotopic (exact) mass is 226 g/mol. The van der Waals surface area contributed by atoms with E-state index in [0.29, 0.717) is 23.0 Å². The van der Waals surface area contributed by atoms with Gasteiger partial charge in [0.15, 0.2) is 17.6 Å². The molecule has 0 aliphatic heterocycles. The molecule has 0 aliphatic carbocycles. The number of fused-ring (bicyclic) bond motifs is 1. The highest BCUT2D eigenvalue weighted by molar-refractivity contribution is 5.98. The second kappa shape index (κ2) is 3.92. The Bertz CT molecular complexity index is 531. The number of benzene rings is 1. The van der Waals surface area contributed by atoms with Gasteiger partial charge in [-0.05, 0) is 25.1 Å². The van der Waals surface area contributed by atoms with Crippen LogP contribution in [-0.4, -0.2) is 12.9 Å². The maximum Gasteiger partial charge on any atom is 0.387 e. The summed E-state index contributed by atoms with van der Waals surface area (Å²) in [6.45, 7) is -1.25. The molecule has 84 valence electrons. The van der Waals surface area contributed by atoms with Gasteiger partial charge < -0.3 is 9.15 Å². The standard InChI is InChI=1S/C11H8F2O3/c1-6-4-8-7(5-14)2-3-9(10(8)15-6)16-11(12)13/h2-5,11H,1H3. The lowest BCUT2D eigenvalue weighted by molar-refractivity contribution is -0.0494. The maximum atomic E-state index is 12.1. The number of alkyl halides is 2. The Balaban J connectivity index is 2.64. The number of furan rings is 1. The Kier molecular flexibility index (Phi) is 2.60. The van der Waals surface area contributed by atoms with Crippen molar-refractivity contribution in [1.29, 1.82) is 0 Å². The summed E-state index contributed by atoms with van der Waals surface area (Å²) in [5.41, 5.74) is 0.552. The van der Waals surface area contributed by atoms with E-state index in [1.807, 2.05) is 0 Å². The minimum absolute atomic E-state index is 0.0660. The number of rotatable bonds is 3. The topological polar surface area (TPSA) is 39.4 Å². The normalized spacial score (nSPS) is 11.0. The molecule has 1 aromatic carbocycles. The molecule has 0 N–H and O–H groups in total. The van der Waals surface area contributed by atoms with E-state index in [0.717, 1.165) is 0 Å². The van der Waals surface area contributed by atoms with Crippen LogP contribution in [0.15, 0.2) is 22.6 Å². The number of aryl methyl sites for hydroxylation is 1. The molecule has 0 bridgehead atoms. The van der Waals surface area contributed by atoms with E-state index in [1.54, 1.807) is 13.0 Å². The third-order valence-corrected chi connectivity index (χ3v) is 2.15. The summed E-state index contributed by atoms with van der Waals surface area (Å²) in [5, 5.41) is 0.477. The summed E-state index contributed by atoms with van der Waals surface area (Å²) < 4.78 is 33.7. The SMILES string of the molecule is Cc1cc2c(C=O)ccc(OC(F)F)c2o1. The Morgan fingerprint density at radius 3 is 2.81 bits per heavy atom. The molecule has 1 aromatic heterocycles. The fourth-order valence-electron chi connectivity index (χ4n) is 1.53. The largest absolute Gasteiger partial charge is 0.457 e. The number of carbonyl (C=O) groups is 1. The first-order valence-corrected chi connectivity index (χ1v) is 4.55. The highest BCUT2D eigenvalue weighted by atomic mass is 19.3. The van der Waals surface area contributed by atoms with Crippen LogP contribution in [0.25, 0.3) is 11.0 Å². The third-order valence-electron chi connectivity index (χ3n) is 2.15. The molecule has 0 radical (unpaired) electrons. The van der Waals surface area contributed by atoms with Gasteiger partial charge in [-0.3, -0.25) is 4.79 Å². The lowest BCUT2D eigenvalue weighted by Crippen LogP contribution is -2.02. The molecule has 0 saturated heterocycles. The van der Waals surface area contributed by atoms with Crippen LogP contribution in [-0.2, 0) is 0 Å². The van der Waals surface area contributed by atoms with Gasteiger partial charge in [0, 0.05) is 10.9 Å². The van der Waals surface area contributed by atoms with Crippen LogP contribution in [0, 0.1) is 6.92 Å². The van der Waals surface area contributed by atoms with Gasteiger partial charge in [0.1, 0.15) is 5.76 Å². The highest BCUT2D eigenvalue weighted by Crippen LogP contribution is 2.31. The van der Waals surface area contributed by atoms with Crippen LogP contribution in [0.1, 0.15) is 16.1 Å². The molecular weight excluding hydrogens is 218 g/mol. The van der Waals surface area contributed by atoms with E-state index in [4.69, 9.17) is 4.42 Å². The molecule has 0 saturated carbocycles. The van der Waals surface area contributed by atoms with Gasteiger partial charge in [0.25, 0.3) is 0 Å². The van der Waals surface area contributed by atoms with Crippen LogP contribution in [0.2, 0.25) is 0 Å². The summed E-state index contributed by atoms with van der Waals surface area (Å²) in [4.78, 5) is 10.7. The lowest BCUT2D eigenvalue weighted by Gasteiger charge is -2.05. The Morgan fingerprint density at radius 1 is 1.44 bits per heavy atom. The van der Waals surface area contributed by atoms with E-state index in [-0.39, 0.29) is 11.3 Å². The zero-order valence-electron chi connectivity index (χ0n) is 8.37. The Morgan fingerprint density at radius 2 is 2.19 bits per heavy atom. The van der Waals surface area contributed by atoms with E-state index >= 15 is 0 Å². The van der Waals surface area contributed by atoms with Gasteiger partial charge in [-0.15, -0.1) is 0 Å². The van der Waals surface area contributed by atoms with E-state index in [9.17, 15) is 13.6 Å². The quantitative estimate of drug-likeness (QED) is 0.754. The van der Waals surface area contributed by atoms with Crippen molar-refractivity contribution >= 4 is 17.3 Å². The van der Waals surface area contributed by atoms with Gasteiger partial charge in [0.05, 0.1) is 0 Å². The number of ether oxygens (including phenoxy) is 1. The molecule has 2 rings (SSSR count). The van der Waals surface area contributed by atoms with Gasteiger partial charge in [-0.25, -0.2) is 0 Å². The number of hydrogen-bond donors (Lipinski definition) is 0. The zero-order chi connectivity index (χ0) is 11.7. The van der Waals surface area contributed by atoms with Crippen LogP contribution >= 0.6 is 0 Å². The fourth-order valence-corrected chi connectivity index (χ4v) is 1.53. The Labute approximate surface area is 89.6 Å². The van der Waals surface area contributed by atoms with E-state index in [1.165, 1.54) is 12.1 Å². The second-order valence-electron chi connectivity index (χ2n) is 3.25. The number of carbonyl (C=O) groups excluding carboxylic acids is 1. The molecule has 2 aromatic rings. The summed E-state index contributed by atoms with van der Waals surface area (Å²) in [6.07, 6.45) is 0.642. The summed E-state index contributed by atoms with van der Waals surface area (Å²) in [6, 6.07) is 4.32. The molecule has 0 unspecified atom stereocenters. The van der Waals surface area contributed by atoms with Crippen LogP contribution < -0.4 is 4.74 Å². The van der Waals surface area contributed by atoms with Gasteiger partial charge >= 0.3 is 6.61 Å². The molecule has 3 nitrogen and oxygen atoms in total. The number of aldehydes is 1. The molecule has 5 heteroatoms. The smallest absolute Gasteiger partial charge is 0.387 e. The minimum atomic E-state index is -2.92. The molecule has 1 heterocycles. The summed E-state index contributed by atoms with van der Waals surface area (Å²) >= 11 is 0. The van der Waals surface area contributed by atoms with E-state index in [2.05, 4.69) is 4.74 Å². The fraction of sp³-hybridized carbons (Fsp3) is 0.182. The zero-order valence-corrected chi connectivity index (χ0v) is 8.37. The van der Waals surface area contributed by atoms with Gasteiger partial charge in [-0.1, -0.05) is 0 Å². The predicted molar refractivity (Wildman–Crippen MR) is 53.0 cm³/mol. The van der Waals surface area contributed by atoms with Gasteiger partial charge in [-0.2, -0.15) is 8.78 Å². The van der Waals surface area contributed by atoms with Crippen molar-refractivity contribution in [2.45, 2.75) is 13.5 Å². The summed E-state index contributed by atoms with van der Waals surface area (Å²) in [5.74, 6) is 0.465. The molecular formula is C11H8F2O3. The third kappa shape index (κ3) is 1.76. The average molecular weight is 226 g/mol. The second-order valence-corrected chi connectivity index (χ2v) is 3.25. The average Bonchev–Trinajstić information content (AvgIpc) is 2.59. The molecule has 0 atom stereocenters. The number of hydrogen-bond acceptors (Lipinski definition) is 3. The predicted octanol–water partition coefficient (Wildman–Crippen LogP) is 3.16. The van der Waals surface area contributed by atoms with Crippen LogP contribution in [0.5, 0.6) is 5.75 Å². The van der Waals surface area contributed by atoms with Crippen LogP contribution in [0.3, 0.4) is 0 Å². The highest BCUT2D eigenvalue weighted by Gasteiger charge is 2.14. The molecule has 0 fully saturated rings. The van der Waals surface area contributed by atoms with E-state index < -0.39 is 6.61 Å². The first-order chi connectivity index (χ1) is 7.61. The Hall–Kier alpha value is -1.91. The van der Waals surface area contributed by atoms with Crippen molar-refractivity contribution in [1.82, 2.24) is 0 Å². The van der Waals surface area contributed by atoms with Crippen LogP contribution in [0.4, 0.5) is 8.78 Å². The minimum Gasteiger partial charge on any atom is -0.457 e. The lowest BCUT2D eigenvalue weighted by atomic mass is 10.1. The van der Waals surface area contributed by atoms with Crippen molar-refractivity contribution in [3.8, 4) is 5.75 Å².